The molecule has 0 bridgehead atoms. The molecule has 0 aromatic heterocycles. The summed E-state index contributed by atoms with van der Waals surface area (Å²) in [6.45, 7) is 2.17. The molecule has 104 valence electrons. The van der Waals surface area contributed by atoms with Crippen LogP contribution in [0.2, 0.25) is 0 Å². The summed E-state index contributed by atoms with van der Waals surface area (Å²) in [5, 5.41) is 0. The van der Waals surface area contributed by atoms with E-state index in [4.69, 9.17) is 4.74 Å². The van der Waals surface area contributed by atoms with Gasteiger partial charge in [0, 0.05) is 10.5 Å². The van der Waals surface area contributed by atoms with Crippen molar-refractivity contribution in [2.75, 3.05) is 12.9 Å². The third-order valence-corrected chi connectivity index (χ3v) is 3.89. The lowest BCUT2D eigenvalue weighted by atomic mass is 10.1. The van der Waals surface area contributed by atoms with Crippen molar-refractivity contribution in [3.8, 4) is 5.75 Å². The second-order valence-electron chi connectivity index (χ2n) is 4.41. The average Bonchev–Trinajstić information content (AvgIpc) is 2.53. The molecule has 0 spiro atoms. The molecule has 2 rings (SSSR count). The van der Waals surface area contributed by atoms with E-state index in [0.717, 1.165) is 17.1 Å². The lowest BCUT2D eigenvalue weighted by Gasteiger charge is -2.09. The highest BCUT2D eigenvalue weighted by molar-refractivity contribution is 7.98. The number of para-hydroxylation sites is 1. The molecule has 0 N–H and O–H groups in total. The molecular weight excluding hydrogens is 268 g/mol. The summed E-state index contributed by atoms with van der Waals surface area (Å²) in [7, 11) is 0. The van der Waals surface area contributed by atoms with Crippen molar-refractivity contribution in [2.24, 2.45) is 0 Å². The quantitative estimate of drug-likeness (QED) is 0.587. The zero-order valence-corrected chi connectivity index (χ0v) is 12.6. The van der Waals surface area contributed by atoms with E-state index in [1.165, 1.54) is 5.56 Å². The van der Waals surface area contributed by atoms with Crippen LogP contribution in [0.1, 0.15) is 22.8 Å². The molecule has 3 heteroatoms. The highest BCUT2D eigenvalue weighted by Gasteiger charge is 2.08. The third kappa shape index (κ3) is 3.64. The molecule has 20 heavy (non-hydrogen) atoms. The summed E-state index contributed by atoms with van der Waals surface area (Å²) in [5.74, 6) is 0.766. The second kappa shape index (κ2) is 7.15. The maximum Gasteiger partial charge on any atom is 0.200 e. The van der Waals surface area contributed by atoms with Crippen LogP contribution in [-0.2, 0) is 6.42 Å². The van der Waals surface area contributed by atoms with Crippen LogP contribution in [0.3, 0.4) is 0 Å². The predicted molar refractivity (Wildman–Crippen MR) is 83.9 cm³/mol. The van der Waals surface area contributed by atoms with Gasteiger partial charge in [-0.15, -0.1) is 11.8 Å². The number of thioether (sulfide) groups is 1. The zero-order valence-electron chi connectivity index (χ0n) is 11.8. The molecule has 0 saturated carbocycles. The second-order valence-corrected chi connectivity index (χ2v) is 5.26. The summed E-state index contributed by atoms with van der Waals surface area (Å²) in [5.41, 5.74) is 1.93. The summed E-state index contributed by atoms with van der Waals surface area (Å²) >= 11 is 1.61. The number of carbonyl (C=O) groups is 1. The third-order valence-electron chi connectivity index (χ3n) is 3.11. The molecule has 0 aliphatic carbocycles. The van der Waals surface area contributed by atoms with Crippen LogP contribution in [0.5, 0.6) is 5.75 Å². The SMILES string of the molecule is CCc1ccc(C(=O)COc2ccccc2SC)cc1. The first-order valence-corrected chi connectivity index (χ1v) is 7.85. The van der Waals surface area contributed by atoms with E-state index in [1.807, 2.05) is 54.8 Å². The van der Waals surface area contributed by atoms with Gasteiger partial charge in [-0.05, 0) is 30.4 Å². The molecule has 0 radical (unpaired) electrons. The first-order valence-electron chi connectivity index (χ1n) is 6.62. The Morgan fingerprint density at radius 1 is 1.10 bits per heavy atom. The van der Waals surface area contributed by atoms with E-state index >= 15 is 0 Å². The molecule has 0 fully saturated rings. The predicted octanol–water partition coefficient (Wildman–Crippen LogP) is 4.23. The molecule has 2 nitrogen and oxygen atoms in total. The van der Waals surface area contributed by atoms with Crippen LogP contribution in [0.4, 0.5) is 0 Å². The molecule has 0 aliphatic heterocycles. The number of ether oxygens (including phenoxy) is 1. The van der Waals surface area contributed by atoms with Crippen molar-refractivity contribution in [1.82, 2.24) is 0 Å². The van der Waals surface area contributed by atoms with Crippen LogP contribution < -0.4 is 4.74 Å². The zero-order chi connectivity index (χ0) is 14.4. The van der Waals surface area contributed by atoms with Gasteiger partial charge in [0.2, 0.25) is 0 Å². The number of Topliss-reactive ketones (excluding diaryl/α,β-unsaturated/α-hetero) is 1. The van der Waals surface area contributed by atoms with Crippen molar-refractivity contribution in [3.05, 3.63) is 59.7 Å². The summed E-state index contributed by atoms with van der Waals surface area (Å²) < 4.78 is 5.63. The summed E-state index contributed by atoms with van der Waals surface area (Å²) in [6, 6.07) is 15.5. The van der Waals surface area contributed by atoms with Crippen LogP contribution in [0, 0.1) is 0 Å². The number of rotatable bonds is 6. The fourth-order valence-electron chi connectivity index (χ4n) is 1.89. The number of hydrogen-bond donors (Lipinski definition) is 0. The number of carbonyl (C=O) groups excluding carboxylic acids is 1. The Bertz CT molecular complexity index is 576. The lowest BCUT2D eigenvalue weighted by Crippen LogP contribution is -2.11. The number of hydrogen-bond acceptors (Lipinski definition) is 3. The maximum absolute atomic E-state index is 12.1. The number of ketones is 1. The molecule has 2 aromatic rings. The Hall–Kier alpha value is -1.74. The maximum atomic E-state index is 12.1. The number of aryl methyl sites for hydroxylation is 1. The van der Waals surface area contributed by atoms with E-state index in [-0.39, 0.29) is 12.4 Å². The van der Waals surface area contributed by atoms with Crippen LogP contribution >= 0.6 is 11.8 Å². The van der Waals surface area contributed by atoms with Gasteiger partial charge in [-0.1, -0.05) is 43.3 Å². The number of benzene rings is 2. The summed E-state index contributed by atoms with van der Waals surface area (Å²) in [4.78, 5) is 13.1. The Balaban J connectivity index is 2.01. The monoisotopic (exact) mass is 286 g/mol. The highest BCUT2D eigenvalue weighted by Crippen LogP contribution is 2.26. The van der Waals surface area contributed by atoms with Gasteiger partial charge in [0.15, 0.2) is 12.4 Å². The van der Waals surface area contributed by atoms with Gasteiger partial charge in [0.05, 0.1) is 0 Å². The van der Waals surface area contributed by atoms with Gasteiger partial charge in [-0.3, -0.25) is 4.79 Å². The molecule has 0 saturated heterocycles. The normalized spacial score (nSPS) is 10.3. The van der Waals surface area contributed by atoms with Gasteiger partial charge in [-0.2, -0.15) is 0 Å². The molecule has 2 aromatic carbocycles. The van der Waals surface area contributed by atoms with Gasteiger partial charge in [0.1, 0.15) is 5.75 Å². The van der Waals surface area contributed by atoms with E-state index in [0.29, 0.717) is 5.56 Å². The first-order chi connectivity index (χ1) is 9.74. The average molecular weight is 286 g/mol. The first kappa shape index (κ1) is 14.7. The van der Waals surface area contributed by atoms with Crippen molar-refractivity contribution >= 4 is 17.5 Å². The van der Waals surface area contributed by atoms with E-state index in [2.05, 4.69) is 6.92 Å². The minimum atomic E-state index is 0.00330. The Morgan fingerprint density at radius 2 is 1.80 bits per heavy atom. The minimum Gasteiger partial charge on any atom is -0.484 e. The van der Waals surface area contributed by atoms with Crippen molar-refractivity contribution in [1.29, 1.82) is 0 Å². The molecule has 0 heterocycles. The van der Waals surface area contributed by atoms with Crippen LogP contribution in [0.15, 0.2) is 53.4 Å². The van der Waals surface area contributed by atoms with E-state index in [1.54, 1.807) is 11.8 Å². The topological polar surface area (TPSA) is 26.3 Å². The summed E-state index contributed by atoms with van der Waals surface area (Å²) in [6.07, 6.45) is 2.97. The molecule has 0 aliphatic rings. The van der Waals surface area contributed by atoms with Crippen LogP contribution in [0.25, 0.3) is 0 Å². The molecule has 0 amide bonds. The Kier molecular flexibility index (Phi) is 5.24. The van der Waals surface area contributed by atoms with Gasteiger partial charge in [0.25, 0.3) is 0 Å². The lowest BCUT2D eigenvalue weighted by molar-refractivity contribution is 0.0919. The molecule has 0 atom stereocenters. The largest absolute Gasteiger partial charge is 0.484 e. The highest BCUT2D eigenvalue weighted by atomic mass is 32.2. The molecular formula is C17H18O2S. The Labute approximate surface area is 124 Å². The van der Waals surface area contributed by atoms with Crippen molar-refractivity contribution in [2.45, 2.75) is 18.2 Å². The standard InChI is InChI=1S/C17H18O2S/c1-3-13-8-10-14(11-9-13)15(18)12-19-16-6-4-5-7-17(16)20-2/h4-11H,3,12H2,1-2H3. The fourth-order valence-corrected chi connectivity index (χ4v) is 2.43. The smallest absolute Gasteiger partial charge is 0.200 e. The fraction of sp³-hybridized carbons (Fsp3) is 0.235. The Morgan fingerprint density at radius 3 is 2.45 bits per heavy atom. The van der Waals surface area contributed by atoms with E-state index in [9.17, 15) is 4.79 Å². The van der Waals surface area contributed by atoms with E-state index < -0.39 is 0 Å². The molecule has 0 unspecified atom stereocenters. The van der Waals surface area contributed by atoms with Crippen molar-refractivity contribution < 1.29 is 9.53 Å². The van der Waals surface area contributed by atoms with Crippen molar-refractivity contribution in [3.63, 3.8) is 0 Å². The van der Waals surface area contributed by atoms with Gasteiger partial charge in [-0.25, -0.2) is 0 Å². The van der Waals surface area contributed by atoms with Gasteiger partial charge >= 0.3 is 0 Å². The minimum absolute atomic E-state index is 0.00330. The van der Waals surface area contributed by atoms with Gasteiger partial charge < -0.3 is 4.74 Å². The van der Waals surface area contributed by atoms with Crippen LogP contribution in [-0.4, -0.2) is 18.6 Å².